The van der Waals surface area contributed by atoms with Crippen molar-refractivity contribution in [1.82, 2.24) is 10.2 Å². The van der Waals surface area contributed by atoms with Crippen LogP contribution >= 0.6 is 11.8 Å². The smallest absolute Gasteiger partial charge is 0.277 e. The van der Waals surface area contributed by atoms with Gasteiger partial charge in [0.15, 0.2) is 0 Å². The highest BCUT2D eigenvalue weighted by Gasteiger charge is 2.34. The maximum Gasteiger partial charge on any atom is 0.277 e. The second-order valence-corrected chi connectivity index (χ2v) is 7.71. The van der Waals surface area contributed by atoms with Crippen LogP contribution < -0.4 is 4.90 Å². The lowest BCUT2D eigenvalue weighted by molar-refractivity contribution is -0.118. The van der Waals surface area contributed by atoms with Crippen LogP contribution in [0.1, 0.15) is 25.2 Å². The standard InChI is InChI=1S/C19H19N3O3S/c1-11-10-14-6-4-5-7-16(14)22(11)18(23)13(3)26-19-21-20-17(25-19)15-8-9-24-12(15)2/h4-9,11,13H,10H2,1-3H3/t11-,13-/m1/s1. The highest BCUT2D eigenvalue weighted by molar-refractivity contribution is 8.00. The van der Waals surface area contributed by atoms with E-state index in [-0.39, 0.29) is 17.2 Å². The van der Waals surface area contributed by atoms with Gasteiger partial charge in [0.05, 0.1) is 17.1 Å². The van der Waals surface area contributed by atoms with Crippen LogP contribution in [0.15, 0.2) is 50.7 Å². The van der Waals surface area contributed by atoms with Gasteiger partial charge in [0, 0.05) is 11.7 Å². The molecule has 4 rings (SSSR count). The van der Waals surface area contributed by atoms with Gasteiger partial charge in [-0.15, -0.1) is 10.2 Å². The van der Waals surface area contributed by atoms with Crippen molar-refractivity contribution in [3.63, 3.8) is 0 Å². The lowest BCUT2D eigenvalue weighted by Crippen LogP contribution is -2.40. The zero-order valence-electron chi connectivity index (χ0n) is 14.8. The Bertz CT molecular complexity index is 949. The van der Waals surface area contributed by atoms with Gasteiger partial charge in [-0.05, 0) is 44.9 Å². The maximum atomic E-state index is 13.0. The van der Waals surface area contributed by atoms with E-state index in [0.29, 0.717) is 11.1 Å². The molecule has 0 spiro atoms. The van der Waals surface area contributed by atoms with Gasteiger partial charge in [0.2, 0.25) is 5.91 Å². The lowest BCUT2D eigenvalue weighted by atomic mass is 10.1. The maximum absolute atomic E-state index is 13.0. The monoisotopic (exact) mass is 369 g/mol. The summed E-state index contributed by atoms with van der Waals surface area (Å²) in [7, 11) is 0. The number of para-hydroxylation sites is 1. The first-order valence-electron chi connectivity index (χ1n) is 8.50. The van der Waals surface area contributed by atoms with E-state index in [2.05, 4.69) is 23.2 Å². The van der Waals surface area contributed by atoms with Crippen molar-refractivity contribution >= 4 is 23.4 Å². The topological polar surface area (TPSA) is 72.4 Å². The number of amides is 1. The number of aryl methyl sites for hydroxylation is 1. The van der Waals surface area contributed by atoms with Crippen molar-refractivity contribution in [3.05, 3.63) is 47.9 Å². The number of benzene rings is 1. The number of rotatable bonds is 4. The fourth-order valence-electron chi connectivity index (χ4n) is 3.27. The normalized spacial score (nSPS) is 17.3. The SMILES string of the molecule is Cc1occc1-c1nnc(S[C@H](C)C(=O)N2c3ccccc3C[C@H]2C)o1. The Hall–Kier alpha value is -2.54. The Labute approximate surface area is 155 Å². The van der Waals surface area contributed by atoms with Gasteiger partial charge in [0.25, 0.3) is 11.1 Å². The van der Waals surface area contributed by atoms with Crippen molar-refractivity contribution in [1.29, 1.82) is 0 Å². The van der Waals surface area contributed by atoms with E-state index in [1.807, 2.05) is 36.9 Å². The molecular formula is C19H19N3O3S. The minimum atomic E-state index is -0.331. The van der Waals surface area contributed by atoms with E-state index < -0.39 is 0 Å². The number of thioether (sulfide) groups is 1. The molecule has 1 aliphatic heterocycles. The van der Waals surface area contributed by atoms with Crippen LogP contribution in [0, 0.1) is 6.92 Å². The predicted octanol–water partition coefficient (Wildman–Crippen LogP) is 4.10. The van der Waals surface area contributed by atoms with Crippen molar-refractivity contribution in [2.24, 2.45) is 0 Å². The third-order valence-corrected chi connectivity index (χ3v) is 5.49. The highest BCUT2D eigenvalue weighted by Crippen LogP contribution is 2.35. The van der Waals surface area contributed by atoms with E-state index in [1.54, 1.807) is 12.3 Å². The Kier molecular flexibility index (Phi) is 4.32. The van der Waals surface area contributed by atoms with Gasteiger partial charge in [0.1, 0.15) is 5.76 Å². The number of aromatic nitrogens is 2. The summed E-state index contributed by atoms with van der Waals surface area (Å²) in [6.45, 7) is 5.78. The second kappa shape index (κ2) is 6.64. The molecule has 1 aromatic carbocycles. The molecule has 134 valence electrons. The van der Waals surface area contributed by atoms with E-state index in [9.17, 15) is 4.79 Å². The third-order valence-electron chi connectivity index (χ3n) is 4.57. The number of carbonyl (C=O) groups excluding carboxylic acids is 1. The molecule has 0 unspecified atom stereocenters. The molecule has 26 heavy (non-hydrogen) atoms. The minimum absolute atomic E-state index is 0.0479. The quantitative estimate of drug-likeness (QED) is 0.645. The number of anilines is 1. The Morgan fingerprint density at radius 1 is 1.31 bits per heavy atom. The summed E-state index contributed by atoms with van der Waals surface area (Å²) in [4.78, 5) is 14.9. The van der Waals surface area contributed by atoms with E-state index >= 15 is 0 Å². The summed E-state index contributed by atoms with van der Waals surface area (Å²) in [6.07, 6.45) is 2.46. The first-order valence-corrected chi connectivity index (χ1v) is 9.38. The summed E-state index contributed by atoms with van der Waals surface area (Å²) in [5, 5.41) is 8.16. The third kappa shape index (κ3) is 2.92. The largest absolute Gasteiger partial charge is 0.469 e. The van der Waals surface area contributed by atoms with Crippen LogP contribution in [0.4, 0.5) is 5.69 Å². The second-order valence-electron chi connectivity index (χ2n) is 6.41. The van der Waals surface area contributed by atoms with E-state index in [0.717, 1.165) is 23.4 Å². The summed E-state index contributed by atoms with van der Waals surface area (Å²) >= 11 is 1.28. The van der Waals surface area contributed by atoms with Crippen molar-refractivity contribution in [2.45, 2.75) is 43.7 Å². The molecule has 0 radical (unpaired) electrons. The molecule has 6 nitrogen and oxygen atoms in total. The van der Waals surface area contributed by atoms with E-state index in [1.165, 1.54) is 17.3 Å². The van der Waals surface area contributed by atoms with Crippen molar-refractivity contribution < 1.29 is 13.6 Å². The van der Waals surface area contributed by atoms with Gasteiger partial charge in [-0.2, -0.15) is 0 Å². The molecule has 0 N–H and O–H groups in total. The average molecular weight is 369 g/mol. The van der Waals surface area contributed by atoms with Gasteiger partial charge < -0.3 is 13.7 Å². The Morgan fingerprint density at radius 2 is 2.12 bits per heavy atom. The molecular weight excluding hydrogens is 350 g/mol. The number of carbonyl (C=O) groups is 1. The van der Waals surface area contributed by atoms with Crippen LogP contribution in [-0.2, 0) is 11.2 Å². The molecule has 2 atom stereocenters. The molecule has 0 fully saturated rings. The van der Waals surface area contributed by atoms with Gasteiger partial charge in [-0.25, -0.2) is 0 Å². The van der Waals surface area contributed by atoms with Crippen LogP contribution in [0.5, 0.6) is 0 Å². The molecule has 0 saturated carbocycles. The minimum Gasteiger partial charge on any atom is -0.469 e. The summed E-state index contributed by atoms with van der Waals surface area (Å²) in [5.74, 6) is 1.17. The predicted molar refractivity (Wildman–Crippen MR) is 99.2 cm³/mol. The number of hydrogen-bond donors (Lipinski definition) is 0. The zero-order valence-corrected chi connectivity index (χ0v) is 15.6. The number of fused-ring (bicyclic) bond motifs is 1. The highest BCUT2D eigenvalue weighted by atomic mass is 32.2. The first kappa shape index (κ1) is 16.9. The fraction of sp³-hybridized carbons (Fsp3) is 0.316. The van der Waals surface area contributed by atoms with Gasteiger partial charge >= 0.3 is 0 Å². The van der Waals surface area contributed by atoms with Crippen LogP contribution in [0.3, 0.4) is 0 Å². The lowest BCUT2D eigenvalue weighted by Gasteiger charge is -2.25. The van der Waals surface area contributed by atoms with Crippen molar-refractivity contribution in [3.8, 4) is 11.5 Å². The van der Waals surface area contributed by atoms with Gasteiger partial charge in [-0.3, -0.25) is 4.79 Å². The molecule has 0 saturated heterocycles. The molecule has 2 aromatic heterocycles. The Morgan fingerprint density at radius 3 is 2.88 bits per heavy atom. The van der Waals surface area contributed by atoms with Crippen LogP contribution in [0.25, 0.3) is 11.5 Å². The summed E-state index contributed by atoms with van der Waals surface area (Å²) in [6, 6.07) is 9.99. The van der Waals surface area contributed by atoms with E-state index in [4.69, 9.17) is 8.83 Å². The molecule has 0 aliphatic carbocycles. The molecule has 3 heterocycles. The van der Waals surface area contributed by atoms with Gasteiger partial charge in [-0.1, -0.05) is 30.0 Å². The number of furan rings is 1. The zero-order chi connectivity index (χ0) is 18.3. The average Bonchev–Trinajstić information content (AvgIpc) is 3.32. The molecule has 7 heteroatoms. The number of hydrogen-bond acceptors (Lipinski definition) is 6. The molecule has 1 aliphatic rings. The summed E-state index contributed by atoms with van der Waals surface area (Å²) in [5.41, 5.74) is 2.98. The molecule has 1 amide bonds. The van der Waals surface area contributed by atoms with Crippen molar-refractivity contribution in [2.75, 3.05) is 4.90 Å². The Balaban J connectivity index is 1.50. The molecule has 0 bridgehead atoms. The number of nitrogens with zero attached hydrogens (tertiary/aromatic N) is 3. The fourth-order valence-corrected chi connectivity index (χ4v) is 4.00. The van der Waals surface area contributed by atoms with Crippen LogP contribution in [0.2, 0.25) is 0 Å². The summed E-state index contributed by atoms with van der Waals surface area (Å²) < 4.78 is 11.0. The molecule has 3 aromatic rings. The van der Waals surface area contributed by atoms with Crippen LogP contribution in [-0.4, -0.2) is 27.4 Å². The first-order chi connectivity index (χ1) is 12.5.